The molecule has 104 valence electrons. The van der Waals surface area contributed by atoms with E-state index in [4.69, 9.17) is 0 Å². The highest BCUT2D eigenvalue weighted by atomic mass is 19.1. The number of anilines is 1. The Bertz CT molecular complexity index is 624. The van der Waals surface area contributed by atoms with E-state index >= 15 is 0 Å². The standard InChI is InChI=1S/C12H11FN4O3/c1-20-12(19)11-14-7-17(16-11)6-10(18)15-9-4-2-8(13)3-5-9/h2-5,7H,6H2,1H3,(H,15,18). The Labute approximate surface area is 113 Å². The number of amides is 1. The number of carbonyl (C=O) groups excluding carboxylic acids is 2. The molecule has 1 aromatic heterocycles. The molecule has 1 heterocycles. The molecule has 0 radical (unpaired) electrons. The largest absolute Gasteiger partial charge is 0.463 e. The number of nitrogens with one attached hydrogen (secondary N) is 1. The van der Waals surface area contributed by atoms with Crippen molar-refractivity contribution in [3.8, 4) is 0 Å². The number of methoxy groups -OCH3 is 1. The minimum atomic E-state index is -0.678. The van der Waals surface area contributed by atoms with Crippen LogP contribution in [-0.2, 0) is 16.1 Å². The molecular weight excluding hydrogens is 267 g/mol. The predicted octanol–water partition coefficient (Wildman–Crippen LogP) is 0.842. The van der Waals surface area contributed by atoms with Crippen molar-refractivity contribution < 1.29 is 18.7 Å². The van der Waals surface area contributed by atoms with Crippen molar-refractivity contribution in [3.63, 3.8) is 0 Å². The number of nitrogens with zero attached hydrogens (tertiary/aromatic N) is 3. The fourth-order valence-electron chi connectivity index (χ4n) is 1.44. The first kappa shape index (κ1) is 13.7. The molecular formula is C12H11FN4O3. The van der Waals surface area contributed by atoms with Crippen molar-refractivity contribution >= 4 is 17.6 Å². The van der Waals surface area contributed by atoms with Gasteiger partial charge in [-0.1, -0.05) is 0 Å². The summed E-state index contributed by atoms with van der Waals surface area (Å²) < 4.78 is 18.4. The van der Waals surface area contributed by atoms with Gasteiger partial charge in [0.2, 0.25) is 5.91 Å². The Kier molecular flexibility index (Phi) is 4.04. The van der Waals surface area contributed by atoms with E-state index in [1.54, 1.807) is 0 Å². The molecule has 0 aliphatic rings. The molecule has 1 N–H and O–H groups in total. The lowest BCUT2D eigenvalue weighted by Crippen LogP contribution is -2.19. The lowest BCUT2D eigenvalue weighted by molar-refractivity contribution is -0.116. The van der Waals surface area contributed by atoms with Gasteiger partial charge in [-0.2, -0.15) is 0 Å². The number of hydrogen-bond donors (Lipinski definition) is 1. The second-order valence-corrected chi connectivity index (χ2v) is 3.81. The molecule has 1 aromatic carbocycles. The average Bonchev–Trinajstić information content (AvgIpc) is 2.89. The van der Waals surface area contributed by atoms with Crippen molar-refractivity contribution in [2.45, 2.75) is 6.54 Å². The molecule has 0 saturated carbocycles. The van der Waals surface area contributed by atoms with Gasteiger partial charge in [0.1, 0.15) is 18.7 Å². The van der Waals surface area contributed by atoms with Gasteiger partial charge in [0.05, 0.1) is 7.11 Å². The maximum Gasteiger partial charge on any atom is 0.377 e. The molecule has 0 saturated heterocycles. The number of halogens is 1. The Morgan fingerprint density at radius 2 is 2.05 bits per heavy atom. The Morgan fingerprint density at radius 3 is 2.70 bits per heavy atom. The third kappa shape index (κ3) is 3.37. The number of esters is 1. The van der Waals surface area contributed by atoms with Gasteiger partial charge >= 0.3 is 5.97 Å². The van der Waals surface area contributed by atoms with Crippen LogP contribution in [-0.4, -0.2) is 33.8 Å². The van der Waals surface area contributed by atoms with Gasteiger partial charge in [-0.05, 0) is 24.3 Å². The van der Waals surface area contributed by atoms with Crippen LogP contribution < -0.4 is 5.32 Å². The van der Waals surface area contributed by atoms with Crippen LogP contribution in [0.1, 0.15) is 10.6 Å². The molecule has 0 aliphatic carbocycles. The summed E-state index contributed by atoms with van der Waals surface area (Å²) >= 11 is 0. The molecule has 0 fully saturated rings. The van der Waals surface area contributed by atoms with Crippen LogP contribution in [0.2, 0.25) is 0 Å². The van der Waals surface area contributed by atoms with Gasteiger partial charge < -0.3 is 10.1 Å². The van der Waals surface area contributed by atoms with Gasteiger partial charge in [0.15, 0.2) is 0 Å². The first-order chi connectivity index (χ1) is 9.58. The fraction of sp³-hybridized carbons (Fsp3) is 0.167. The normalized spacial score (nSPS) is 10.1. The minimum absolute atomic E-state index is 0.123. The first-order valence-corrected chi connectivity index (χ1v) is 5.61. The van der Waals surface area contributed by atoms with E-state index in [1.807, 2.05) is 0 Å². The lowest BCUT2D eigenvalue weighted by Gasteiger charge is -2.04. The SMILES string of the molecule is COC(=O)c1ncn(CC(=O)Nc2ccc(F)cc2)n1. The fourth-order valence-corrected chi connectivity index (χ4v) is 1.44. The van der Waals surface area contributed by atoms with E-state index in [9.17, 15) is 14.0 Å². The van der Waals surface area contributed by atoms with Gasteiger partial charge in [-0.3, -0.25) is 4.79 Å². The number of carbonyl (C=O) groups is 2. The van der Waals surface area contributed by atoms with Crippen molar-refractivity contribution in [3.05, 3.63) is 42.2 Å². The van der Waals surface area contributed by atoms with Gasteiger partial charge in [-0.25, -0.2) is 18.9 Å². The van der Waals surface area contributed by atoms with Crippen molar-refractivity contribution in [1.29, 1.82) is 0 Å². The van der Waals surface area contributed by atoms with Crippen LogP contribution in [0.15, 0.2) is 30.6 Å². The molecule has 0 aliphatic heterocycles. The Morgan fingerprint density at radius 1 is 1.35 bits per heavy atom. The molecule has 8 heteroatoms. The van der Waals surface area contributed by atoms with Crippen LogP contribution in [0.4, 0.5) is 10.1 Å². The van der Waals surface area contributed by atoms with Crippen molar-refractivity contribution in [2.75, 3.05) is 12.4 Å². The summed E-state index contributed by atoms with van der Waals surface area (Å²) in [5, 5.41) is 6.35. The highest BCUT2D eigenvalue weighted by Crippen LogP contribution is 2.08. The van der Waals surface area contributed by atoms with Gasteiger partial charge in [-0.15, -0.1) is 5.10 Å². The number of benzene rings is 1. The second kappa shape index (κ2) is 5.91. The number of rotatable bonds is 4. The number of aromatic nitrogens is 3. The van der Waals surface area contributed by atoms with E-state index in [0.717, 1.165) is 0 Å². The maximum absolute atomic E-state index is 12.7. The second-order valence-electron chi connectivity index (χ2n) is 3.81. The molecule has 2 rings (SSSR count). The van der Waals surface area contributed by atoms with E-state index < -0.39 is 5.97 Å². The zero-order chi connectivity index (χ0) is 14.5. The van der Waals surface area contributed by atoms with Crippen molar-refractivity contribution in [2.24, 2.45) is 0 Å². The summed E-state index contributed by atoms with van der Waals surface area (Å²) in [5.74, 6) is -1.57. The third-order valence-electron chi connectivity index (χ3n) is 2.34. The topological polar surface area (TPSA) is 86.1 Å². The van der Waals surface area contributed by atoms with Gasteiger partial charge in [0.25, 0.3) is 5.82 Å². The number of ether oxygens (including phenoxy) is 1. The summed E-state index contributed by atoms with van der Waals surface area (Å²) in [4.78, 5) is 26.6. The Balaban J connectivity index is 1.96. The Hall–Kier alpha value is -2.77. The summed E-state index contributed by atoms with van der Waals surface area (Å²) in [6, 6.07) is 5.35. The maximum atomic E-state index is 12.7. The highest BCUT2D eigenvalue weighted by molar-refractivity contribution is 5.90. The molecule has 0 bridgehead atoms. The summed E-state index contributed by atoms with van der Waals surface area (Å²) in [6.45, 7) is -0.124. The average molecular weight is 278 g/mol. The monoisotopic (exact) mass is 278 g/mol. The van der Waals surface area contributed by atoms with Crippen LogP contribution in [0.5, 0.6) is 0 Å². The number of hydrogen-bond acceptors (Lipinski definition) is 5. The van der Waals surface area contributed by atoms with E-state index in [0.29, 0.717) is 5.69 Å². The van der Waals surface area contributed by atoms with E-state index in [2.05, 4.69) is 20.1 Å². The van der Waals surface area contributed by atoms with Crippen LogP contribution in [0.25, 0.3) is 0 Å². The zero-order valence-corrected chi connectivity index (χ0v) is 10.5. The molecule has 7 nitrogen and oxygen atoms in total. The highest BCUT2D eigenvalue weighted by Gasteiger charge is 2.12. The molecule has 1 amide bonds. The quantitative estimate of drug-likeness (QED) is 0.838. The third-order valence-corrected chi connectivity index (χ3v) is 2.34. The zero-order valence-electron chi connectivity index (χ0n) is 10.5. The molecule has 2 aromatic rings. The van der Waals surface area contributed by atoms with E-state index in [1.165, 1.54) is 42.4 Å². The summed E-state index contributed by atoms with van der Waals surface area (Å²) in [7, 11) is 1.21. The molecule has 20 heavy (non-hydrogen) atoms. The minimum Gasteiger partial charge on any atom is -0.463 e. The van der Waals surface area contributed by atoms with Gasteiger partial charge in [0, 0.05) is 5.69 Å². The molecule has 0 spiro atoms. The molecule has 0 unspecified atom stereocenters. The predicted molar refractivity (Wildman–Crippen MR) is 66.4 cm³/mol. The van der Waals surface area contributed by atoms with E-state index in [-0.39, 0.29) is 24.1 Å². The van der Waals surface area contributed by atoms with Crippen molar-refractivity contribution in [1.82, 2.24) is 14.8 Å². The van der Waals surface area contributed by atoms with Crippen LogP contribution in [0, 0.1) is 5.82 Å². The molecule has 0 atom stereocenters. The first-order valence-electron chi connectivity index (χ1n) is 5.61. The smallest absolute Gasteiger partial charge is 0.377 e. The van der Waals surface area contributed by atoms with Crippen LogP contribution >= 0.6 is 0 Å². The summed E-state index contributed by atoms with van der Waals surface area (Å²) in [6.07, 6.45) is 1.25. The summed E-state index contributed by atoms with van der Waals surface area (Å²) in [5.41, 5.74) is 0.463. The lowest BCUT2D eigenvalue weighted by atomic mass is 10.3. The van der Waals surface area contributed by atoms with Crippen LogP contribution in [0.3, 0.4) is 0 Å².